The molecule has 0 atom stereocenters. The quantitative estimate of drug-likeness (QED) is 0.242. The minimum Gasteiger partial charge on any atom is -0.483 e. The predicted octanol–water partition coefficient (Wildman–Crippen LogP) is 6.68. The number of benzene rings is 3. The standard InChI is InChI=1S/C25H16BrClF3N3O3/c26-21-11-15(4-9-22(21)36-14-23(34)32-19-7-5-18(27)6-8-19)10-16(13-31)24(35)33-20-3-1-2-17(12-20)25(28,29)30/h1-12H,14H2,(H,32,34)(H,33,35)/b16-10+. The van der Waals surface area contributed by atoms with E-state index in [0.29, 0.717) is 26.5 Å². The van der Waals surface area contributed by atoms with E-state index in [-0.39, 0.29) is 17.9 Å². The molecule has 3 rings (SSSR count). The summed E-state index contributed by atoms with van der Waals surface area (Å²) in [5, 5.41) is 14.9. The summed E-state index contributed by atoms with van der Waals surface area (Å²) in [5.74, 6) is -0.927. The lowest BCUT2D eigenvalue weighted by Gasteiger charge is -2.10. The first-order chi connectivity index (χ1) is 17.0. The lowest BCUT2D eigenvalue weighted by Crippen LogP contribution is -2.20. The molecule has 0 bridgehead atoms. The van der Waals surface area contributed by atoms with E-state index in [4.69, 9.17) is 16.3 Å². The molecule has 0 unspecified atom stereocenters. The van der Waals surface area contributed by atoms with Crippen molar-refractivity contribution in [1.82, 2.24) is 0 Å². The fourth-order valence-corrected chi connectivity index (χ4v) is 3.52. The first-order valence-corrected chi connectivity index (χ1v) is 11.3. The van der Waals surface area contributed by atoms with Crippen LogP contribution in [0.1, 0.15) is 11.1 Å². The number of ether oxygens (including phenoxy) is 1. The molecule has 6 nitrogen and oxygen atoms in total. The Morgan fingerprint density at radius 1 is 1.03 bits per heavy atom. The van der Waals surface area contributed by atoms with Crippen LogP contribution in [0.15, 0.2) is 76.8 Å². The number of nitrogens with one attached hydrogen (secondary N) is 2. The summed E-state index contributed by atoms with van der Waals surface area (Å²) in [4.78, 5) is 24.5. The third-order valence-corrected chi connectivity index (χ3v) is 5.44. The van der Waals surface area contributed by atoms with E-state index in [0.717, 1.165) is 18.2 Å². The summed E-state index contributed by atoms with van der Waals surface area (Å²) in [6.07, 6.45) is -3.30. The molecule has 0 fully saturated rings. The average Bonchev–Trinajstić information content (AvgIpc) is 2.83. The Kier molecular flexibility index (Phi) is 8.74. The lowest BCUT2D eigenvalue weighted by atomic mass is 10.1. The van der Waals surface area contributed by atoms with Gasteiger partial charge in [-0.1, -0.05) is 23.7 Å². The number of rotatable bonds is 7. The molecule has 36 heavy (non-hydrogen) atoms. The second-order valence-electron chi connectivity index (χ2n) is 7.24. The van der Waals surface area contributed by atoms with Gasteiger partial charge in [0.2, 0.25) is 0 Å². The predicted molar refractivity (Wildman–Crippen MR) is 133 cm³/mol. The fraction of sp³-hybridized carbons (Fsp3) is 0.0800. The van der Waals surface area contributed by atoms with Crippen molar-refractivity contribution >= 4 is 56.8 Å². The molecule has 0 aliphatic carbocycles. The fourth-order valence-electron chi connectivity index (χ4n) is 2.88. The normalized spacial score (nSPS) is 11.4. The number of halogens is 5. The van der Waals surface area contributed by atoms with Gasteiger partial charge in [-0.25, -0.2) is 0 Å². The van der Waals surface area contributed by atoms with Crippen molar-refractivity contribution in [3.63, 3.8) is 0 Å². The summed E-state index contributed by atoms with van der Waals surface area (Å²) in [5.41, 5.74) is -0.354. The molecule has 2 amide bonds. The molecule has 11 heteroatoms. The van der Waals surface area contributed by atoms with Crippen LogP contribution in [0.5, 0.6) is 5.75 Å². The zero-order chi connectivity index (χ0) is 26.3. The van der Waals surface area contributed by atoms with Crippen LogP contribution < -0.4 is 15.4 Å². The van der Waals surface area contributed by atoms with Gasteiger partial charge >= 0.3 is 6.18 Å². The second-order valence-corrected chi connectivity index (χ2v) is 8.53. The van der Waals surface area contributed by atoms with Crippen molar-refractivity contribution < 1.29 is 27.5 Å². The maximum Gasteiger partial charge on any atom is 0.416 e. The average molecular weight is 579 g/mol. The molecular formula is C25H16BrClF3N3O3. The van der Waals surface area contributed by atoms with Crippen molar-refractivity contribution in [3.05, 3.63) is 92.9 Å². The molecule has 0 aromatic heterocycles. The van der Waals surface area contributed by atoms with E-state index < -0.39 is 23.6 Å². The molecule has 0 saturated heterocycles. The molecule has 0 aliphatic rings. The molecule has 3 aromatic carbocycles. The number of amides is 2. The van der Waals surface area contributed by atoms with Crippen molar-refractivity contribution in [1.29, 1.82) is 5.26 Å². The summed E-state index contributed by atoms with van der Waals surface area (Å²) in [6, 6.07) is 17.0. The zero-order valence-electron chi connectivity index (χ0n) is 18.2. The van der Waals surface area contributed by atoms with Crippen LogP contribution in [0.2, 0.25) is 5.02 Å². The lowest BCUT2D eigenvalue weighted by molar-refractivity contribution is -0.137. The van der Waals surface area contributed by atoms with Gasteiger partial charge in [0.15, 0.2) is 6.61 Å². The Morgan fingerprint density at radius 3 is 2.39 bits per heavy atom. The summed E-state index contributed by atoms with van der Waals surface area (Å²) in [7, 11) is 0. The van der Waals surface area contributed by atoms with Gasteiger partial charge in [0.25, 0.3) is 11.8 Å². The van der Waals surface area contributed by atoms with Crippen LogP contribution in [0, 0.1) is 11.3 Å². The second kappa shape index (κ2) is 11.7. The van der Waals surface area contributed by atoms with Gasteiger partial charge in [-0.2, -0.15) is 18.4 Å². The maximum atomic E-state index is 12.9. The molecule has 0 heterocycles. The highest BCUT2D eigenvalue weighted by Crippen LogP contribution is 2.31. The highest BCUT2D eigenvalue weighted by molar-refractivity contribution is 9.10. The Bertz CT molecular complexity index is 1350. The topological polar surface area (TPSA) is 91.2 Å². The van der Waals surface area contributed by atoms with E-state index in [1.807, 2.05) is 0 Å². The molecule has 0 saturated carbocycles. The van der Waals surface area contributed by atoms with Crippen molar-refractivity contribution in [2.75, 3.05) is 17.2 Å². The number of carbonyl (C=O) groups excluding carboxylic acids is 2. The molecule has 2 N–H and O–H groups in total. The number of hydrogen-bond acceptors (Lipinski definition) is 4. The third kappa shape index (κ3) is 7.60. The van der Waals surface area contributed by atoms with Crippen LogP contribution >= 0.6 is 27.5 Å². The summed E-state index contributed by atoms with van der Waals surface area (Å²) in [6.45, 7) is -0.279. The van der Waals surface area contributed by atoms with Gasteiger partial charge in [0.05, 0.1) is 10.0 Å². The van der Waals surface area contributed by atoms with Crippen LogP contribution in [0.25, 0.3) is 6.08 Å². The number of nitrogens with zero attached hydrogens (tertiary/aromatic N) is 1. The summed E-state index contributed by atoms with van der Waals surface area (Å²) >= 11 is 9.12. The van der Waals surface area contributed by atoms with Crippen LogP contribution in [0.4, 0.5) is 24.5 Å². The molecule has 184 valence electrons. The van der Waals surface area contributed by atoms with Gasteiger partial charge in [0.1, 0.15) is 17.4 Å². The van der Waals surface area contributed by atoms with Crippen LogP contribution in [-0.4, -0.2) is 18.4 Å². The number of anilines is 2. The number of hydrogen-bond donors (Lipinski definition) is 2. The van der Waals surface area contributed by atoms with Crippen molar-refractivity contribution in [2.45, 2.75) is 6.18 Å². The zero-order valence-corrected chi connectivity index (χ0v) is 20.5. The van der Waals surface area contributed by atoms with E-state index in [1.54, 1.807) is 42.5 Å². The molecule has 0 radical (unpaired) electrons. The van der Waals surface area contributed by atoms with E-state index in [2.05, 4.69) is 26.6 Å². The third-order valence-electron chi connectivity index (χ3n) is 4.57. The molecule has 3 aromatic rings. The van der Waals surface area contributed by atoms with Crippen molar-refractivity contribution in [3.8, 4) is 11.8 Å². The minimum atomic E-state index is -4.57. The Labute approximate surface area is 217 Å². The van der Waals surface area contributed by atoms with Crippen LogP contribution in [-0.2, 0) is 15.8 Å². The Morgan fingerprint density at radius 2 is 1.75 bits per heavy atom. The maximum absolute atomic E-state index is 12.9. The monoisotopic (exact) mass is 577 g/mol. The number of alkyl halides is 3. The van der Waals surface area contributed by atoms with Crippen LogP contribution in [0.3, 0.4) is 0 Å². The first-order valence-electron chi connectivity index (χ1n) is 10.1. The number of nitriles is 1. The van der Waals surface area contributed by atoms with E-state index in [1.165, 1.54) is 18.2 Å². The van der Waals surface area contributed by atoms with Gasteiger partial charge in [-0.15, -0.1) is 0 Å². The van der Waals surface area contributed by atoms with Gasteiger partial charge in [0, 0.05) is 16.4 Å². The highest BCUT2D eigenvalue weighted by atomic mass is 79.9. The van der Waals surface area contributed by atoms with Crippen molar-refractivity contribution in [2.24, 2.45) is 0 Å². The first kappa shape index (κ1) is 26.8. The summed E-state index contributed by atoms with van der Waals surface area (Å²) < 4.78 is 44.6. The van der Waals surface area contributed by atoms with Gasteiger partial charge in [-0.3, -0.25) is 9.59 Å². The van der Waals surface area contributed by atoms with E-state index in [9.17, 15) is 28.0 Å². The molecule has 0 aliphatic heterocycles. The SMILES string of the molecule is N#C/C(=C\c1ccc(OCC(=O)Nc2ccc(Cl)cc2)c(Br)c1)C(=O)Nc1cccc(C(F)(F)F)c1. The van der Waals surface area contributed by atoms with E-state index >= 15 is 0 Å². The Hall–Kier alpha value is -3.81. The molecule has 0 spiro atoms. The minimum absolute atomic E-state index is 0.0993. The Balaban J connectivity index is 1.64. The number of carbonyl (C=O) groups is 2. The largest absolute Gasteiger partial charge is 0.483 e. The smallest absolute Gasteiger partial charge is 0.416 e. The van der Waals surface area contributed by atoms with Gasteiger partial charge in [-0.05, 0) is 82.2 Å². The molecular weight excluding hydrogens is 563 g/mol. The van der Waals surface area contributed by atoms with Gasteiger partial charge < -0.3 is 15.4 Å². The highest BCUT2D eigenvalue weighted by Gasteiger charge is 2.30.